The number of likely N-dealkylation sites (tertiary alicyclic amines) is 1. The van der Waals surface area contributed by atoms with Crippen molar-refractivity contribution in [1.82, 2.24) is 19.7 Å². The number of carbonyl (C=O) groups is 1. The van der Waals surface area contributed by atoms with Gasteiger partial charge in [-0.05, 0) is 37.0 Å². The van der Waals surface area contributed by atoms with Crippen LogP contribution in [0, 0.1) is 5.92 Å². The first-order valence-corrected chi connectivity index (χ1v) is 10.3. The van der Waals surface area contributed by atoms with E-state index in [-0.39, 0.29) is 18.3 Å². The summed E-state index contributed by atoms with van der Waals surface area (Å²) in [6.07, 6.45) is 5.51. The lowest BCUT2D eigenvalue weighted by atomic mass is 9.92. The second-order valence-corrected chi connectivity index (χ2v) is 7.70. The molecule has 8 heteroatoms. The maximum atomic E-state index is 12.6. The number of halogens is 1. The minimum absolute atomic E-state index is 0. The summed E-state index contributed by atoms with van der Waals surface area (Å²) in [5.41, 5.74) is 7.27. The molecule has 1 aromatic carbocycles. The topological polar surface area (TPSA) is 77.0 Å². The molecule has 0 saturated carbocycles. The summed E-state index contributed by atoms with van der Waals surface area (Å²) in [6, 6.07) is 9.50. The fourth-order valence-electron chi connectivity index (χ4n) is 3.51. The van der Waals surface area contributed by atoms with Crippen molar-refractivity contribution in [2.24, 2.45) is 18.7 Å². The van der Waals surface area contributed by atoms with E-state index in [0.717, 1.165) is 48.9 Å². The van der Waals surface area contributed by atoms with Gasteiger partial charge in [0.15, 0.2) is 5.16 Å². The van der Waals surface area contributed by atoms with Gasteiger partial charge in [-0.3, -0.25) is 4.79 Å². The average molecular weight is 410 g/mol. The van der Waals surface area contributed by atoms with Crippen LogP contribution < -0.4 is 5.73 Å². The van der Waals surface area contributed by atoms with Crippen molar-refractivity contribution in [3.8, 4) is 0 Å². The van der Waals surface area contributed by atoms with Crippen LogP contribution in [0.5, 0.6) is 0 Å². The highest BCUT2D eigenvalue weighted by molar-refractivity contribution is 7.98. The lowest BCUT2D eigenvalue weighted by Crippen LogP contribution is -2.48. The smallest absolute Gasteiger partial charge is 0.239 e. The predicted molar refractivity (Wildman–Crippen MR) is 111 cm³/mol. The molecule has 1 aliphatic rings. The third kappa shape index (κ3) is 5.46. The highest BCUT2D eigenvalue weighted by Gasteiger charge is 2.27. The number of aromatic nitrogens is 3. The zero-order valence-corrected chi connectivity index (χ0v) is 17.5. The van der Waals surface area contributed by atoms with Crippen LogP contribution in [0.15, 0.2) is 35.5 Å². The summed E-state index contributed by atoms with van der Waals surface area (Å²) in [7, 11) is 2.02. The second-order valence-electron chi connectivity index (χ2n) is 6.93. The summed E-state index contributed by atoms with van der Waals surface area (Å²) in [4.78, 5) is 14.6. The van der Waals surface area contributed by atoms with Crippen LogP contribution in [0.1, 0.15) is 24.2 Å². The quantitative estimate of drug-likeness (QED) is 0.741. The molecule has 6 nitrogen and oxygen atoms in total. The molecule has 0 aliphatic carbocycles. The third-order valence-electron chi connectivity index (χ3n) is 5.12. The van der Waals surface area contributed by atoms with Crippen molar-refractivity contribution in [1.29, 1.82) is 0 Å². The van der Waals surface area contributed by atoms with Gasteiger partial charge >= 0.3 is 0 Å². The Labute approximate surface area is 171 Å². The Morgan fingerprint density at radius 1 is 1.26 bits per heavy atom. The van der Waals surface area contributed by atoms with Gasteiger partial charge in [-0.15, -0.1) is 22.6 Å². The minimum atomic E-state index is -0.461. The number of carbonyl (C=O) groups excluding carboxylic acids is 1. The van der Waals surface area contributed by atoms with E-state index in [2.05, 4.69) is 14.8 Å². The van der Waals surface area contributed by atoms with Gasteiger partial charge in [-0.25, -0.2) is 0 Å². The zero-order valence-electron chi connectivity index (χ0n) is 15.9. The molecule has 0 spiro atoms. The number of piperidine rings is 1. The minimum Gasteiger partial charge on any atom is -0.341 e. The number of amides is 1. The van der Waals surface area contributed by atoms with Crippen molar-refractivity contribution < 1.29 is 4.79 Å². The van der Waals surface area contributed by atoms with Gasteiger partial charge in [0, 0.05) is 26.6 Å². The van der Waals surface area contributed by atoms with Gasteiger partial charge in [0.25, 0.3) is 0 Å². The van der Waals surface area contributed by atoms with Crippen LogP contribution in [-0.4, -0.2) is 51.0 Å². The highest BCUT2D eigenvalue weighted by Crippen LogP contribution is 2.23. The number of rotatable bonds is 6. The maximum Gasteiger partial charge on any atom is 0.239 e. The van der Waals surface area contributed by atoms with Crippen molar-refractivity contribution in [2.45, 2.75) is 36.9 Å². The number of hydrogen-bond donors (Lipinski definition) is 1. The molecule has 1 aromatic heterocycles. The monoisotopic (exact) mass is 409 g/mol. The zero-order chi connectivity index (χ0) is 18.5. The Bertz CT molecular complexity index is 731. The molecule has 1 amide bonds. The SMILES string of the molecule is CSc1nnc(CC2CCN(C(=O)[C@H](N)Cc3ccccc3)CC2)n1C.Cl. The summed E-state index contributed by atoms with van der Waals surface area (Å²) < 4.78 is 2.07. The van der Waals surface area contributed by atoms with Crippen molar-refractivity contribution in [3.63, 3.8) is 0 Å². The van der Waals surface area contributed by atoms with Crippen LogP contribution in [0.3, 0.4) is 0 Å². The summed E-state index contributed by atoms with van der Waals surface area (Å²) >= 11 is 1.61. The van der Waals surface area contributed by atoms with Crippen LogP contribution in [0.25, 0.3) is 0 Å². The summed E-state index contributed by atoms with van der Waals surface area (Å²) in [5, 5.41) is 9.45. The van der Waals surface area contributed by atoms with E-state index in [0.29, 0.717) is 12.3 Å². The van der Waals surface area contributed by atoms with E-state index in [1.54, 1.807) is 11.8 Å². The Balaban J connectivity index is 0.00000261. The molecule has 2 N–H and O–H groups in total. The molecule has 0 bridgehead atoms. The van der Waals surface area contributed by atoms with Crippen LogP contribution >= 0.6 is 24.2 Å². The highest BCUT2D eigenvalue weighted by atomic mass is 35.5. The van der Waals surface area contributed by atoms with Crippen molar-refractivity contribution >= 4 is 30.1 Å². The fourth-order valence-corrected chi connectivity index (χ4v) is 4.01. The molecule has 2 aromatic rings. The molecule has 0 radical (unpaired) electrons. The molecular weight excluding hydrogens is 382 g/mol. The van der Waals surface area contributed by atoms with Gasteiger partial charge in [-0.2, -0.15) is 0 Å². The summed E-state index contributed by atoms with van der Waals surface area (Å²) in [6.45, 7) is 1.55. The Hall–Kier alpha value is -1.57. The van der Waals surface area contributed by atoms with Crippen LogP contribution in [0.4, 0.5) is 0 Å². The second kappa shape index (κ2) is 10.1. The molecule has 1 aliphatic heterocycles. The van der Waals surface area contributed by atoms with E-state index in [9.17, 15) is 4.79 Å². The third-order valence-corrected chi connectivity index (χ3v) is 5.84. The average Bonchev–Trinajstić information content (AvgIpc) is 3.02. The molecule has 1 atom stereocenters. The van der Waals surface area contributed by atoms with E-state index >= 15 is 0 Å². The van der Waals surface area contributed by atoms with Gasteiger partial charge < -0.3 is 15.2 Å². The Morgan fingerprint density at radius 2 is 1.93 bits per heavy atom. The maximum absolute atomic E-state index is 12.6. The number of thioether (sulfide) groups is 1. The van der Waals surface area contributed by atoms with Gasteiger partial charge in [-0.1, -0.05) is 42.1 Å². The van der Waals surface area contributed by atoms with E-state index in [1.165, 1.54) is 0 Å². The van der Waals surface area contributed by atoms with Crippen molar-refractivity contribution in [2.75, 3.05) is 19.3 Å². The van der Waals surface area contributed by atoms with Gasteiger partial charge in [0.2, 0.25) is 5.91 Å². The summed E-state index contributed by atoms with van der Waals surface area (Å²) in [5.74, 6) is 1.64. The molecule has 3 rings (SSSR count). The van der Waals surface area contributed by atoms with Crippen LogP contribution in [0.2, 0.25) is 0 Å². The van der Waals surface area contributed by atoms with Gasteiger partial charge in [0.1, 0.15) is 5.82 Å². The molecule has 148 valence electrons. The van der Waals surface area contributed by atoms with E-state index < -0.39 is 6.04 Å². The standard InChI is InChI=1S/C19H27N5OS.ClH/c1-23-17(21-22-19(23)26-2)13-15-8-10-24(11-9-15)18(25)16(20)12-14-6-4-3-5-7-14;/h3-7,15-16H,8-13,20H2,1-2H3;1H/t16-;/m1./s1. The largest absolute Gasteiger partial charge is 0.341 e. The first kappa shape index (κ1) is 21.7. The number of nitrogens with two attached hydrogens (primary N) is 1. The molecule has 0 unspecified atom stereocenters. The lowest BCUT2D eigenvalue weighted by Gasteiger charge is -2.33. The molecule has 1 fully saturated rings. The predicted octanol–water partition coefficient (Wildman–Crippen LogP) is 2.31. The first-order valence-electron chi connectivity index (χ1n) is 9.09. The van der Waals surface area contributed by atoms with Crippen molar-refractivity contribution in [3.05, 3.63) is 41.7 Å². The normalized spacial score (nSPS) is 16.0. The molecule has 27 heavy (non-hydrogen) atoms. The van der Waals surface area contributed by atoms with Crippen LogP contribution in [-0.2, 0) is 24.7 Å². The molecule has 2 heterocycles. The number of nitrogens with zero attached hydrogens (tertiary/aromatic N) is 4. The Morgan fingerprint density at radius 3 is 2.52 bits per heavy atom. The first-order chi connectivity index (χ1) is 12.6. The fraction of sp³-hybridized carbons (Fsp3) is 0.526. The number of hydrogen-bond acceptors (Lipinski definition) is 5. The van der Waals surface area contributed by atoms with Gasteiger partial charge in [0.05, 0.1) is 6.04 Å². The Kier molecular flexibility index (Phi) is 8.13. The molecular formula is C19H28ClN5OS. The lowest BCUT2D eigenvalue weighted by molar-refractivity contribution is -0.134. The van der Waals surface area contributed by atoms with E-state index in [1.807, 2.05) is 48.5 Å². The molecule has 1 saturated heterocycles. The number of benzene rings is 1. The van der Waals surface area contributed by atoms with E-state index in [4.69, 9.17) is 5.73 Å².